The van der Waals surface area contributed by atoms with E-state index in [1.54, 1.807) is 11.3 Å². The zero-order valence-electron chi connectivity index (χ0n) is 9.96. The first-order valence-electron chi connectivity index (χ1n) is 5.63. The number of nitrogen functional groups attached to an aromatic ring is 1. The Morgan fingerprint density at radius 1 is 1.44 bits per heavy atom. The molecule has 0 bridgehead atoms. The number of pyridine rings is 1. The molecule has 0 saturated heterocycles. The van der Waals surface area contributed by atoms with Crippen LogP contribution in [0.25, 0.3) is 5.65 Å². The number of aromatic nitrogens is 2. The van der Waals surface area contributed by atoms with Gasteiger partial charge >= 0.3 is 0 Å². The summed E-state index contributed by atoms with van der Waals surface area (Å²) in [5.41, 5.74) is 8.70. The minimum Gasteiger partial charge on any atom is -0.485 e. The molecule has 0 aliphatic carbocycles. The number of hydrogen-bond acceptors (Lipinski definition) is 4. The van der Waals surface area contributed by atoms with Crippen LogP contribution in [-0.2, 0) is 6.61 Å². The molecule has 3 aromatic heterocycles. The average Bonchev–Trinajstić information content (AvgIpc) is 2.98. The van der Waals surface area contributed by atoms with E-state index in [1.165, 1.54) is 5.56 Å². The van der Waals surface area contributed by atoms with Crippen LogP contribution in [0.5, 0.6) is 5.75 Å². The Morgan fingerprint density at radius 3 is 3.11 bits per heavy atom. The van der Waals surface area contributed by atoms with Crippen molar-refractivity contribution < 1.29 is 4.74 Å². The second-order valence-corrected chi connectivity index (χ2v) is 4.85. The van der Waals surface area contributed by atoms with Gasteiger partial charge in [0.25, 0.3) is 0 Å². The lowest BCUT2D eigenvalue weighted by Gasteiger charge is -2.06. The lowest BCUT2D eigenvalue weighted by atomic mass is 10.3. The first kappa shape index (κ1) is 11.1. The van der Waals surface area contributed by atoms with Crippen molar-refractivity contribution >= 4 is 22.8 Å². The van der Waals surface area contributed by atoms with Gasteiger partial charge < -0.3 is 10.5 Å². The fourth-order valence-electron chi connectivity index (χ4n) is 1.82. The highest BCUT2D eigenvalue weighted by molar-refractivity contribution is 7.07. The predicted molar refractivity (Wildman–Crippen MR) is 73.0 cm³/mol. The molecule has 0 radical (unpaired) electrons. The standard InChI is InChI=1S/C13H13N3OS/c1-9-12(14)16-5-2-3-11(13(16)15-9)17-7-10-4-6-18-8-10/h2-6,8H,7,14H2,1H3. The van der Waals surface area contributed by atoms with Crippen LogP contribution in [0.15, 0.2) is 35.2 Å². The third-order valence-corrected chi connectivity index (χ3v) is 3.54. The molecule has 0 aliphatic rings. The molecule has 0 aromatic carbocycles. The lowest BCUT2D eigenvalue weighted by Crippen LogP contribution is -1.98. The Kier molecular flexibility index (Phi) is 2.68. The number of hydrogen-bond donors (Lipinski definition) is 1. The van der Waals surface area contributed by atoms with Crippen molar-refractivity contribution in [2.24, 2.45) is 0 Å². The number of ether oxygens (including phenoxy) is 1. The summed E-state index contributed by atoms with van der Waals surface area (Å²) < 4.78 is 7.65. The number of nitrogens with two attached hydrogens (primary N) is 1. The van der Waals surface area contributed by atoms with Crippen LogP contribution in [-0.4, -0.2) is 9.38 Å². The van der Waals surface area contributed by atoms with Crippen molar-refractivity contribution in [3.8, 4) is 5.75 Å². The van der Waals surface area contributed by atoms with Crippen molar-refractivity contribution in [2.75, 3.05) is 5.73 Å². The van der Waals surface area contributed by atoms with Crippen molar-refractivity contribution in [3.05, 3.63) is 46.4 Å². The largest absolute Gasteiger partial charge is 0.485 e. The van der Waals surface area contributed by atoms with Gasteiger partial charge in [-0.1, -0.05) is 0 Å². The van der Waals surface area contributed by atoms with Gasteiger partial charge in [-0.05, 0) is 41.4 Å². The van der Waals surface area contributed by atoms with E-state index < -0.39 is 0 Å². The molecule has 3 heterocycles. The van der Waals surface area contributed by atoms with Gasteiger partial charge in [0, 0.05) is 6.20 Å². The van der Waals surface area contributed by atoms with Crippen molar-refractivity contribution in [2.45, 2.75) is 13.5 Å². The van der Waals surface area contributed by atoms with Gasteiger partial charge in [-0.3, -0.25) is 4.40 Å². The normalized spacial score (nSPS) is 10.9. The number of imidazole rings is 1. The summed E-state index contributed by atoms with van der Waals surface area (Å²) in [7, 11) is 0. The van der Waals surface area contributed by atoms with E-state index in [1.807, 2.05) is 35.0 Å². The smallest absolute Gasteiger partial charge is 0.181 e. The molecule has 0 atom stereocenters. The number of aryl methyl sites for hydroxylation is 1. The highest BCUT2D eigenvalue weighted by Gasteiger charge is 2.09. The summed E-state index contributed by atoms with van der Waals surface area (Å²) >= 11 is 1.66. The Bertz CT molecular complexity index is 673. The topological polar surface area (TPSA) is 52.5 Å². The first-order valence-corrected chi connectivity index (χ1v) is 6.57. The van der Waals surface area contributed by atoms with E-state index in [4.69, 9.17) is 10.5 Å². The molecule has 2 N–H and O–H groups in total. The van der Waals surface area contributed by atoms with Gasteiger partial charge in [-0.2, -0.15) is 11.3 Å². The van der Waals surface area contributed by atoms with Crippen LogP contribution < -0.4 is 10.5 Å². The summed E-state index contributed by atoms with van der Waals surface area (Å²) in [5.74, 6) is 1.41. The molecule has 3 aromatic rings. The van der Waals surface area contributed by atoms with Gasteiger partial charge in [0.15, 0.2) is 11.4 Å². The predicted octanol–water partition coefficient (Wildman–Crippen LogP) is 2.87. The number of anilines is 1. The fraction of sp³-hybridized carbons (Fsp3) is 0.154. The van der Waals surface area contributed by atoms with E-state index in [0.717, 1.165) is 17.1 Å². The Balaban J connectivity index is 1.94. The van der Waals surface area contributed by atoms with Crippen molar-refractivity contribution in [1.82, 2.24) is 9.38 Å². The van der Waals surface area contributed by atoms with Gasteiger partial charge in [-0.15, -0.1) is 0 Å². The zero-order valence-corrected chi connectivity index (χ0v) is 10.8. The molecule has 4 nitrogen and oxygen atoms in total. The maximum absolute atomic E-state index is 5.94. The van der Waals surface area contributed by atoms with E-state index in [0.29, 0.717) is 12.4 Å². The lowest BCUT2D eigenvalue weighted by molar-refractivity contribution is 0.308. The second kappa shape index (κ2) is 4.34. The second-order valence-electron chi connectivity index (χ2n) is 4.07. The Morgan fingerprint density at radius 2 is 2.33 bits per heavy atom. The maximum atomic E-state index is 5.94. The van der Waals surface area contributed by atoms with Gasteiger partial charge in [0.05, 0.1) is 5.69 Å². The van der Waals surface area contributed by atoms with E-state index in [9.17, 15) is 0 Å². The first-order chi connectivity index (χ1) is 8.75. The molecule has 5 heteroatoms. The van der Waals surface area contributed by atoms with Gasteiger partial charge in [-0.25, -0.2) is 4.98 Å². The third-order valence-electron chi connectivity index (χ3n) is 2.81. The molecule has 0 saturated carbocycles. The summed E-state index contributed by atoms with van der Waals surface area (Å²) in [6.07, 6.45) is 1.89. The third kappa shape index (κ3) is 1.82. The van der Waals surface area contributed by atoms with E-state index in [-0.39, 0.29) is 0 Å². The van der Waals surface area contributed by atoms with Crippen LogP contribution in [0.1, 0.15) is 11.3 Å². The fourth-order valence-corrected chi connectivity index (χ4v) is 2.48. The quantitative estimate of drug-likeness (QED) is 0.787. The van der Waals surface area contributed by atoms with Gasteiger partial charge in [0.1, 0.15) is 12.4 Å². The number of rotatable bonds is 3. The molecular weight excluding hydrogens is 246 g/mol. The summed E-state index contributed by atoms with van der Waals surface area (Å²) in [6, 6.07) is 5.87. The van der Waals surface area contributed by atoms with Crippen LogP contribution in [0, 0.1) is 6.92 Å². The van der Waals surface area contributed by atoms with Crippen LogP contribution in [0.2, 0.25) is 0 Å². The molecule has 0 unspecified atom stereocenters. The van der Waals surface area contributed by atoms with Crippen molar-refractivity contribution in [3.63, 3.8) is 0 Å². The highest BCUT2D eigenvalue weighted by Crippen LogP contribution is 2.24. The van der Waals surface area contributed by atoms with Crippen LogP contribution >= 0.6 is 11.3 Å². The highest BCUT2D eigenvalue weighted by atomic mass is 32.1. The minimum atomic E-state index is 0.551. The zero-order chi connectivity index (χ0) is 12.5. The Labute approximate surface area is 109 Å². The molecule has 0 aliphatic heterocycles. The van der Waals surface area contributed by atoms with Crippen LogP contribution in [0.3, 0.4) is 0 Å². The van der Waals surface area contributed by atoms with Gasteiger partial charge in [0.2, 0.25) is 0 Å². The molecule has 0 fully saturated rings. The Hall–Kier alpha value is -2.01. The maximum Gasteiger partial charge on any atom is 0.181 e. The minimum absolute atomic E-state index is 0.551. The van der Waals surface area contributed by atoms with Crippen LogP contribution in [0.4, 0.5) is 5.82 Å². The van der Waals surface area contributed by atoms with E-state index in [2.05, 4.69) is 16.4 Å². The van der Waals surface area contributed by atoms with E-state index >= 15 is 0 Å². The number of nitrogens with zero attached hydrogens (tertiary/aromatic N) is 2. The summed E-state index contributed by atoms with van der Waals surface area (Å²) in [6.45, 7) is 2.44. The van der Waals surface area contributed by atoms with Crippen molar-refractivity contribution in [1.29, 1.82) is 0 Å². The molecule has 3 rings (SSSR count). The SMILES string of the molecule is Cc1nc2c(OCc3ccsc3)cccn2c1N. The monoisotopic (exact) mass is 259 g/mol. The molecular formula is C13H13N3OS. The molecule has 92 valence electrons. The summed E-state index contributed by atoms with van der Waals surface area (Å²) in [5, 5.41) is 4.11. The summed E-state index contributed by atoms with van der Waals surface area (Å²) in [4.78, 5) is 4.43. The molecule has 0 spiro atoms. The average molecular weight is 259 g/mol. The molecule has 18 heavy (non-hydrogen) atoms. The molecule has 0 amide bonds. The number of thiophene rings is 1. The number of fused-ring (bicyclic) bond motifs is 1.